The van der Waals surface area contributed by atoms with Gasteiger partial charge in [0, 0.05) is 0 Å². The van der Waals surface area contributed by atoms with Gasteiger partial charge in [0.15, 0.2) is 5.92 Å². The molecule has 0 aliphatic heterocycles. The van der Waals surface area contributed by atoms with Gasteiger partial charge in [-0.3, -0.25) is 9.59 Å². The van der Waals surface area contributed by atoms with Gasteiger partial charge in [-0.25, -0.2) is 9.59 Å². The first-order chi connectivity index (χ1) is 12.3. The van der Waals surface area contributed by atoms with E-state index in [0.717, 1.165) is 0 Å². The second kappa shape index (κ2) is 9.52. The summed E-state index contributed by atoms with van der Waals surface area (Å²) in [5, 5.41) is 9.36. The van der Waals surface area contributed by atoms with E-state index in [9.17, 15) is 24.3 Å². The van der Waals surface area contributed by atoms with Gasteiger partial charge in [0.05, 0.1) is 13.2 Å². The van der Waals surface area contributed by atoms with Gasteiger partial charge in [-0.2, -0.15) is 0 Å². The van der Waals surface area contributed by atoms with Crippen LogP contribution in [0, 0.1) is 5.92 Å². The number of nitrogens with two attached hydrogens (primary N) is 1. The molecule has 1 rings (SSSR count). The number of esters is 3. The highest BCUT2D eigenvalue weighted by Crippen LogP contribution is 2.22. The van der Waals surface area contributed by atoms with Crippen molar-refractivity contribution < 1.29 is 38.5 Å². The Morgan fingerprint density at radius 1 is 1.00 bits per heavy atom. The van der Waals surface area contributed by atoms with Gasteiger partial charge in [-0.05, 0) is 19.4 Å². The van der Waals surface area contributed by atoms with Gasteiger partial charge < -0.3 is 25.1 Å². The third-order valence-corrected chi connectivity index (χ3v) is 3.39. The summed E-state index contributed by atoms with van der Waals surface area (Å²) in [7, 11) is 0. The van der Waals surface area contributed by atoms with Crippen LogP contribution in [0.25, 0.3) is 0 Å². The zero-order valence-corrected chi connectivity index (χ0v) is 14.5. The second-order valence-electron chi connectivity index (χ2n) is 5.17. The molecule has 0 aromatic heterocycles. The molecule has 0 bridgehead atoms. The molecule has 0 aliphatic rings. The molecule has 0 fully saturated rings. The van der Waals surface area contributed by atoms with E-state index < -0.39 is 35.3 Å². The highest BCUT2D eigenvalue weighted by Gasteiger charge is 2.59. The Kier molecular flexibility index (Phi) is 7.73. The van der Waals surface area contributed by atoms with Crippen LogP contribution in [0.2, 0.25) is 0 Å². The molecule has 9 nitrogen and oxygen atoms in total. The summed E-state index contributed by atoms with van der Waals surface area (Å²) < 4.78 is 14.3. The minimum atomic E-state index is -2.89. The van der Waals surface area contributed by atoms with E-state index in [1.54, 1.807) is 30.3 Å². The molecular formula is C17H21NO8. The van der Waals surface area contributed by atoms with Crippen molar-refractivity contribution in [2.24, 2.45) is 11.7 Å². The molecule has 0 spiro atoms. The molecule has 0 saturated carbocycles. The Labute approximate surface area is 150 Å². The fraction of sp³-hybridized carbons (Fsp3) is 0.412. The number of carboxylic acids is 1. The quantitative estimate of drug-likeness (QED) is 0.357. The van der Waals surface area contributed by atoms with Crippen LogP contribution in [0.5, 0.6) is 0 Å². The summed E-state index contributed by atoms with van der Waals surface area (Å²) >= 11 is 0. The lowest BCUT2D eigenvalue weighted by Crippen LogP contribution is -2.65. The SMILES string of the molecule is CCOC(=O)C(C(=O)O)[C@](N)(C(=O)OCC)C(=O)OCc1ccccc1. The van der Waals surface area contributed by atoms with Gasteiger partial charge in [0.1, 0.15) is 6.61 Å². The van der Waals surface area contributed by atoms with E-state index >= 15 is 0 Å². The van der Waals surface area contributed by atoms with Gasteiger partial charge in [-0.15, -0.1) is 0 Å². The standard InChI is InChI=1S/C17H21NO8/c1-3-24-14(21)12(13(19)20)17(18,15(22)25-4-2)16(23)26-10-11-8-6-5-7-9-11/h5-9,12H,3-4,10,18H2,1-2H3,(H,19,20)/t12?,17-/m0/s1. The minimum absolute atomic E-state index is 0.166. The Hall–Kier alpha value is -2.94. The third-order valence-electron chi connectivity index (χ3n) is 3.39. The monoisotopic (exact) mass is 367 g/mol. The fourth-order valence-corrected chi connectivity index (χ4v) is 2.12. The molecule has 0 aliphatic carbocycles. The van der Waals surface area contributed by atoms with Crippen LogP contribution in [0.3, 0.4) is 0 Å². The lowest BCUT2D eigenvalue weighted by molar-refractivity contribution is -0.180. The number of hydrogen-bond acceptors (Lipinski definition) is 8. The normalized spacial score (nSPS) is 13.8. The predicted octanol–water partition coefficient (Wildman–Crippen LogP) is 0.254. The Morgan fingerprint density at radius 3 is 2.04 bits per heavy atom. The first-order valence-corrected chi connectivity index (χ1v) is 7.85. The summed E-state index contributed by atoms with van der Waals surface area (Å²) in [5.41, 5.74) is 3.47. The maximum atomic E-state index is 12.5. The highest BCUT2D eigenvalue weighted by atomic mass is 16.6. The summed E-state index contributed by atoms with van der Waals surface area (Å²) in [4.78, 5) is 48.3. The maximum absolute atomic E-state index is 12.5. The third kappa shape index (κ3) is 4.79. The molecule has 142 valence electrons. The number of carbonyl (C=O) groups excluding carboxylic acids is 3. The largest absolute Gasteiger partial charge is 0.481 e. The number of carboxylic acid groups (broad SMARTS) is 1. The summed E-state index contributed by atoms with van der Waals surface area (Å²) in [6.45, 7) is 2.26. The molecule has 3 N–H and O–H groups in total. The van der Waals surface area contributed by atoms with Crippen LogP contribution in [0.1, 0.15) is 19.4 Å². The minimum Gasteiger partial charge on any atom is -0.481 e. The van der Waals surface area contributed by atoms with Gasteiger partial charge in [0.2, 0.25) is 5.54 Å². The van der Waals surface area contributed by atoms with E-state index in [-0.39, 0.29) is 19.8 Å². The first-order valence-electron chi connectivity index (χ1n) is 7.85. The van der Waals surface area contributed by atoms with E-state index in [1.165, 1.54) is 13.8 Å². The molecule has 1 aromatic carbocycles. The van der Waals surface area contributed by atoms with Crippen LogP contribution < -0.4 is 5.73 Å². The Bertz CT molecular complexity index is 660. The molecule has 0 saturated heterocycles. The molecule has 26 heavy (non-hydrogen) atoms. The van der Waals surface area contributed by atoms with E-state index in [2.05, 4.69) is 4.74 Å². The van der Waals surface area contributed by atoms with Gasteiger partial charge in [0.25, 0.3) is 0 Å². The summed E-state index contributed by atoms with van der Waals surface area (Å²) in [6.07, 6.45) is 0. The van der Waals surface area contributed by atoms with Crippen molar-refractivity contribution in [2.75, 3.05) is 13.2 Å². The zero-order valence-electron chi connectivity index (χ0n) is 14.5. The number of carbonyl (C=O) groups is 4. The molecule has 0 radical (unpaired) electrons. The van der Waals surface area contributed by atoms with Crippen molar-refractivity contribution in [2.45, 2.75) is 26.0 Å². The maximum Gasteiger partial charge on any atom is 0.339 e. The van der Waals surface area contributed by atoms with Crippen LogP contribution in [0.15, 0.2) is 30.3 Å². The van der Waals surface area contributed by atoms with E-state index in [0.29, 0.717) is 5.56 Å². The number of rotatable bonds is 9. The van der Waals surface area contributed by atoms with Gasteiger partial charge in [-0.1, -0.05) is 30.3 Å². The van der Waals surface area contributed by atoms with Crippen molar-refractivity contribution in [1.82, 2.24) is 0 Å². The van der Waals surface area contributed by atoms with E-state index in [1.807, 2.05) is 0 Å². The topological polar surface area (TPSA) is 142 Å². The zero-order chi connectivity index (χ0) is 19.7. The van der Waals surface area contributed by atoms with Crippen molar-refractivity contribution in [3.05, 3.63) is 35.9 Å². The van der Waals surface area contributed by atoms with Crippen molar-refractivity contribution in [3.8, 4) is 0 Å². The lowest BCUT2D eigenvalue weighted by Gasteiger charge is -2.29. The average molecular weight is 367 g/mol. The van der Waals surface area contributed by atoms with E-state index in [4.69, 9.17) is 15.2 Å². The van der Waals surface area contributed by atoms with Crippen molar-refractivity contribution >= 4 is 23.9 Å². The van der Waals surface area contributed by atoms with Gasteiger partial charge >= 0.3 is 23.9 Å². The van der Waals surface area contributed by atoms with Crippen molar-refractivity contribution in [3.63, 3.8) is 0 Å². The summed E-state index contributed by atoms with van der Waals surface area (Å²) in [5.74, 6) is -8.26. The number of benzene rings is 1. The number of hydrogen-bond donors (Lipinski definition) is 2. The predicted molar refractivity (Wildman–Crippen MR) is 87.5 cm³/mol. The molecule has 2 atom stereocenters. The molecular weight excluding hydrogens is 346 g/mol. The average Bonchev–Trinajstić information content (AvgIpc) is 2.60. The smallest absolute Gasteiger partial charge is 0.339 e. The first kappa shape index (κ1) is 21.1. The molecule has 1 unspecified atom stereocenters. The van der Waals surface area contributed by atoms with Crippen LogP contribution in [0.4, 0.5) is 0 Å². The highest BCUT2D eigenvalue weighted by molar-refractivity contribution is 6.14. The molecule has 0 amide bonds. The molecule has 0 heterocycles. The Balaban J connectivity index is 3.17. The molecule has 9 heteroatoms. The lowest BCUT2D eigenvalue weighted by atomic mass is 9.84. The number of aliphatic carboxylic acids is 1. The Morgan fingerprint density at radius 2 is 1.54 bits per heavy atom. The summed E-state index contributed by atoms with van der Waals surface area (Å²) in [6, 6.07) is 8.44. The second-order valence-corrected chi connectivity index (χ2v) is 5.17. The van der Waals surface area contributed by atoms with Crippen LogP contribution in [-0.4, -0.2) is 47.7 Å². The fourth-order valence-electron chi connectivity index (χ4n) is 2.12. The number of ether oxygens (including phenoxy) is 3. The van der Waals surface area contributed by atoms with Crippen LogP contribution in [-0.2, 0) is 40.0 Å². The van der Waals surface area contributed by atoms with Crippen molar-refractivity contribution in [1.29, 1.82) is 0 Å². The van der Waals surface area contributed by atoms with Crippen LogP contribution >= 0.6 is 0 Å². The molecule has 1 aromatic rings.